The third-order valence-electron chi connectivity index (χ3n) is 3.82. The van der Waals surface area contributed by atoms with Crippen molar-refractivity contribution in [2.24, 2.45) is 5.73 Å². The van der Waals surface area contributed by atoms with Gasteiger partial charge in [0.05, 0.1) is 25.5 Å². The van der Waals surface area contributed by atoms with Gasteiger partial charge >= 0.3 is 0 Å². The minimum Gasteiger partial charge on any atom is -0.490 e. The Morgan fingerprint density at radius 2 is 1.64 bits per heavy atom. The Morgan fingerprint density at radius 3 is 2.43 bits per heavy atom. The monoisotopic (exact) mass is 397 g/mol. The van der Waals surface area contributed by atoms with Crippen LogP contribution >= 0.6 is 12.4 Å². The summed E-state index contributed by atoms with van der Waals surface area (Å²) in [5.41, 5.74) is 9.23. The second-order valence-electron chi connectivity index (χ2n) is 6.14. The van der Waals surface area contributed by atoms with E-state index in [0.717, 1.165) is 16.7 Å². The number of nitrogens with zero attached hydrogens (tertiary/aromatic N) is 2. The fourth-order valence-corrected chi connectivity index (χ4v) is 2.43. The summed E-state index contributed by atoms with van der Waals surface area (Å²) < 4.78 is 11.4. The maximum atomic E-state index is 6.07. The Balaban J connectivity index is 0.00000280. The lowest BCUT2D eigenvalue weighted by molar-refractivity contribution is 0.0935. The van der Waals surface area contributed by atoms with Crippen molar-refractivity contribution >= 4 is 24.6 Å². The molecule has 28 heavy (non-hydrogen) atoms. The second kappa shape index (κ2) is 11.9. The number of hydrogen-bond donors (Lipinski definition) is 1. The van der Waals surface area contributed by atoms with Gasteiger partial charge in [0, 0.05) is 18.6 Å². The number of halogens is 1. The first-order valence-corrected chi connectivity index (χ1v) is 8.83. The summed E-state index contributed by atoms with van der Waals surface area (Å²) in [5, 5.41) is 0. The van der Waals surface area contributed by atoms with Crippen molar-refractivity contribution in [1.29, 1.82) is 0 Å². The van der Waals surface area contributed by atoms with Gasteiger partial charge in [0.2, 0.25) is 0 Å². The van der Waals surface area contributed by atoms with E-state index in [9.17, 15) is 0 Å². The van der Waals surface area contributed by atoms with Crippen LogP contribution in [0.5, 0.6) is 5.75 Å². The molecular formula is C22H24ClN3O2. The van der Waals surface area contributed by atoms with Crippen LogP contribution in [0, 0.1) is 0 Å². The van der Waals surface area contributed by atoms with E-state index in [0.29, 0.717) is 25.6 Å². The molecule has 5 nitrogen and oxygen atoms in total. The van der Waals surface area contributed by atoms with Crippen LogP contribution in [0.3, 0.4) is 0 Å². The molecule has 0 aliphatic rings. The molecule has 3 aromatic rings. The molecule has 0 spiro atoms. The van der Waals surface area contributed by atoms with E-state index in [2.05, 4.69) is 9.97 Å². The fourth-order valence-electron chi connectivity index (χ4n) is 2.43. The van der Waals surface area contributed by atoms with Crippen molar-refractivity contribution in [2.45, 2.75) is 12.6 Å². The molecule has 146 valence electrons. The number of rotatable bonds is 9. The van der Waals surface area contributed by atoms with Crippen molar-refractivity contribution in [2.75, 3.05) is 13.2 Å². The molecule has 2 aromatic heterocycles. The average molecular weight is 398 g/mol. The second-order valence-corrected chi connectivity index (χ2v) is 6.14. The number of hydrogen-bond acceptors (Lipinski definition) is 5. The summed E-state index contributed by atoms with van der Waals surface area (Å²) in [6.07, 6.45) is 11.0. The first-order chi connectivity index (χ1) is 13.3. The molecule has 0 saturated heterocycles. The van der Waals surface area contributed by atoms with Gasteiger partial charge in [-0.1, -0.05) is 42.5 Å². The molecular weight excluding hydrogens is 374 g/mol. The van der Waals surface area contributed by atoms with E-state index in [1.807, 2.05) is 60.7 Å². The van der Waals surface area contributed by atoms with Gasteiger partial charge in [-0.2, -0.15) is 0 Å². The summed E-state index contributed by atoms with van der Waals surface area (Å²) in [5.74, 6) is 0.686. The van der Waals surface area contributed by atoms with Gasteiger partial charge < -0.3 is 15.2 Å². The maximum absolute atomic E-state index is 6.07. The van der Waals surface area contributed by atoms with Crippen LogP contribution in [0.1, 0.15) is 16.7 Å². The van der Waals surface area contributed by atoms with E-state index >= 15 is 0 Å². The van der Waals surface area contributed by atoms with Crippen LogP contribution < -0.4 is 10.5 Å². The van der Waals surface area contributed by atoms with Crippen molar-refractivity contribution in [3.05, 3.63) is 90.0 Å². The zero-order valence-electron chi connectivity index (χ0n) is 15.5. The van der Waals surface area contributed by atoms with Gasteiger partial charge in [-0.05, 0) is 34.9 Å². The molecule has 0 amide bonds. The summed E-state index contributed by atoms with van der Waals surface area (Å²) in [6.45, 7) is 1.35. The standard InChI is InChI=1S/C22H23N3O2.ClH/c23-21(16-26-15-19-4-2-1-3-5-19)17-27-22-12-20(13-25-14-22)7-6-18-8-10-24-11-9-18;/h1-14,21H,15-17,23H2;1H/t21-;/m1./s1. The number of nitrogens with two attached hydrogens (primary N) is 1. The van der Waals surface area contributed by atoms with E-state index in [1.165, 1.54) is 0 Å². The lowest BCUT2D eigenvalue weighted by atomic mass is 10.2. The zero-order chi connectivity index (χ0) is 18.7. The lowest BCUT2D eigenvalue weighted by Crippen LogP contribution is -2.32. The minimum atomic E-state index is -0.204. The molecule has 6 heteroatoms. The van der Waals surface area contributed by atoms with Crippen molar-refractivity contribution in [3.8, 4) is 5.75 Å². The zero-order valence-corrected chi connectivity index (χ0v) is 16.3. The van der Waals surface area contributed by atoms with Crippen LogP contribution in [0.25, 0.3) is 12.2 Å². The Labute approximate surface area is 171 Å². The molecule has 2 heterocycles. The predicted molar refractivity (Wildman–Crippen MR) is 114 cm³/mol. The van der Waals surface area contributed by atoms with Crippen LogP contribution in [0.15, 0.2) is 73.3 Å². The quantitative estimate of drug-likeness (QED) is 0.591. The minimum absolute atomic E-state index is 0. The van der Waals surface area contributed by atoms with Gasteiger partial charge in [0.1, 0.15) is 12.4 Å². The third-order valence-corrected chi connectivity index (χ3v) is 3.82. The van der Waals surface area contributed by atoms with Gasteiger partial charge in [0.15, 0.2) is 0 Å². The largest absolute Gasteiger partial charge is 0.490 e. The Kier molecular flexibility index (Phi) is 9.15. The maximum Gasteiger partial charge on any atom is 0.138 e. The van der Waals surface area contributed by atoms with Gasteiger partial charge in [-0.3, -0.25) is 9.97 Å². The van der Waals surface area contributed by atoms with Crippen LogP contribution in [0.4, 0.5) is 0 Å². The van der Waals surface area contributed by atoms with Gasteiger partial charge in [-0.25, -0.2) is 0 Å². The first-order valence-electron chi connectivity index (χ1n) is 8.83. The molecule has 0 unspecified atom stereocenters. The summed E-state index contributed by atoms with van der Waals surface area (Å²) in [6, 6.07) is 15.6. The first kappa shape index (κ1) is 21.6. The van der Waals surface area contributed by atoms with Crippen LogP contribution in [-0.2, 0) is 11.3 Å². The number of ether oxygens (including phenoxy) is 2. The topological polar surface area (TPSA) is 70.3 Å². The van der Waals surface area contributed by atoms with Gasteiger partial charge in [-0.15, -0.1) is 12.4 Å². The van der Waals surface area contributed by atoms with Gasteiger partial charge in [0.25, 0.3) is 0 Å². The third kappa shape index (κ3) is 7.48. The summed E-state index contributed by atoms with van der Waals surface area (Å²) in [7, 11) is 0. The number of benzene rings is 1. The van der Waals surface area contributed by atoms with Crippen LogP contribution in [-0.4, -0.2) is 29.2 Å². The fraction of sp³-hybridized carbons (Fsp3) is 0.182. The highest BCUT2D eigenvalue weighted by Gasteiger charge is 2.05. The molecule has 2 N–H and O–H groups in total. The van der Waals surface area contributed by atoms with E-state index in [-0.39, 0.29) is 18.4 Å². The Bertz CT molecular complexity index is 845. The predicted octanol–water partition coefficient (Wildman–Crippen LogP) is 3.99. The highest BCUT2D eigenvalue weighted by atomic mass is 35.5. The van der Waals surface area contributed by atoms with Crippen molar-refractivity contribution < 1.29 is 9.47 Å². The highest BCUT2D eigenvalue weighted by molar-refractivity contribution is 5.85. The number of pyridine rings is 2. The molecule has 0 bridgehead atoms. The SMILES string of the molecule is Cl.N[C@H](COCc1ccccc1)COc1cncc(C=Cc2ccncc2)c1. The molecule has 0 fully saturated rings. The highest BCUT2D eigenvalue weighted by Crippen LogP contribution is 2.14. The van der Waals surface area contributed by atoms with E-state index in [1.54, 1.807) is 24.8 Å². The van der Waals surface area contributed by atoms with Crippen LogP contribution in [0.2, 0.25) is 0 Å². The molecule has 0 aliphatic carbocycles. The smallest absolute Gasteiger partial charge is 0.138 e. The lowest BCUT2D eigenvalue weighted by Gasteiger charge is -2.13. The Hall–Kier alpha value is -2.73. The molecule has 1 aromatic carbocycles. The Morgan fingerprint density at radius 1 is 0.893 bits per heavy atom. The van der Waals surface area contributed by atoms with E-state index in [4.69, 9.17) is 15.2 Å². The van der Waals surface area contributed by atoms with E-state index < -0.39 is 0 Å². The summed E-state index contributed by atoms with van der Waals surface area (Å²) in [4.78, 5) is 8.22. The average Bonchev–Trinajstić information content (AvgIpc) is 2.73. The molecule has 3 rings (SSSR count). The van der Waals surface area contributed by atoms with Crippen molar-refractivity contribution in [1.82, 2.24) is 9.97 Å². The molecule has 0 radical (unpaired) electrons. The normalized spacial score (nSPS) is 11.8. The van der Waals surface area contributed by atoms with Crippen molar-refractivity contribution in [3.63, 3.8) is 0 Å². The molecule has 0 saturated carbocycles. The number of aromatic nitrogens is 2. The molecule has 1 atom stereocenters. The summed E-state index contributed by atoms with van der Waals surface area (Å²) >= 11 is 0. The molecule has 0 aliphatic heterocycles.